The van der Waals surface area contributed by atoms with Crippen LogP contribution in [0.5, 0.6) is 0 Å². The van der Waals surface area contributed by atoms with Crippen molar-refractivity contribution >= 4 is 23.2 Å². The van der Waals surface area contributed by atoms with Crippen LogP contribution in [0.4, 0.5) is 11.4 Å². The normalized spacial score (nSPS) is 15.1. The van der Waals surface area contributed by atoms with Crippen LogP contribution >= 0.6 is 0 Å². The molecule has 2 rings (SSSR count). The molecule has 1 aromatic rings. The van der Waals surface area contributed by atoms with Gasteiger partial charge in [-0.3, -0.25) is 9.59 Å². The van der Waals surface area contributed by atoms with Gasteiger partial charge in [-0.05, 0) is 24.6 Å². The topological polar surface area (TPSA) is 63.4 Å². The predicted octanol–water partition coefficient (Wildman–Crippen LogP) is 1.01. The number of rotatable bonds is 1. The molecule has 76 valence electrons. The van der Waals surface area contributed by atoms with Crippen molar-refractivity contribution in [1.29, 1.82) is 0 Å². The second-order valence-corrected chi connectivity index (χ2v) is 3.39. The number of amides is 2. The number of benzene rings is 1. The molecule has 0 bridgehead atoms. The molecule has 0 spiro atoms. The van der Waals surface area contributed by atoms with Crippen LogP contribution in [0.2, 0.25) is 0 Å². The Morgan fingerprint density at radius 2 is 1.73 bits per heavy atom. The second kappa shape index (κ2) is 3.24. The summed E-state index contributed by atoms with van der Waals surface area (Å²) in [5.41, 5.74) is 7.71. The largest absolute Gasteiger partial charge is 0.398 e. The lowest BCUT2D eigenvalue weighted by atomic mass is 10.2. The summed E-state index contributed by atoms with van der Waals surface area (Å²) in [6.45, 7) is 1.87. The van der Waals surface area contributed by atoms with E-state index in [4.69, 9.17) is 5.73 Å². The highest BCUT2D eigenvalue weighted by Crippen LogP contribution is 2.23. The van der Waals surface area contributed by atoms with Crippen molar-refractivity contribution in [2.75, 3.05) is 10.6 Å². The minimum atomic E-state index is -0.330. The number of nitrogens with two attached hydrogens (primary N) is 1. The first-order valence-electron chi connectivity index (χ1n) is 4.52. The average Bonchev–Trinajstić information content (AvgIpc) is 2.52. The van der Waals surface area contributed by atoms with Crippen LogP contribution in [-0.2, 0) is 9.59 Å². The van der Waals surface area contributed by atoms with Gasteiger partial charge in [0.25, 0.3) is 11.8 Å². The van der Waals surface area contributed by atoms with Gasteiger partial charge in [-0.25, -0.2) is 4.90 Å². The Labute approximate surface area is 87.0 Å². The average molecular weight is 202 g/mol. The Bertz CT molecular complexity index is 459. The van der Waals surface area contributed by atoms with Gasteiger partial charge >= 0.3 is 0 Å². The van der Waals surface area contributed by atoms with Crippen molar-refractivity contribution in [3.63, 3.8) is 0 Å². The third-order valence-electron chi connectivity index (χ3n) is 2.33. The quantitative estimate of drug-likeness (QED) is 0.546. The summed E-state index contributed by atoms with van der Waals surface area (Å²) in [5, 5.41) is 0. The Balaban J connectivity index is 2.42. The fraction of sp³-hybridized carbons (Fsp3) is 0.0909. The molecule has 0 unspecified atom stereocenters. The zero-order valence-corrected chi connectivity index (χ0v) is 8.23. The van der Waals surface area contributed by atoms with Crippen LogP contribution in [0.25, 0.3) is 0 Å². The van der Waals surface area contributed by atoms with Crippen LogP contribution < -0.4 is 10.6 Å². The molecule has 1 aromatic carbocycles. The van der Waals surface area contributed by atoms with E-state index in [0.29, 0.717) is 11.4 Å². The SMILES string of the molecule is Cc1ccc(N2C(=O)C=CC2=O)cc1N. The van der Waals surface area contributed by atoms with E-state index in [9.17, 15) is 9.59 Å². The standard InChI is InChI=1S/C11H10N2O2/c1-7-2-3-8(6-9(7)12)13-10(14)4-5-11(13)15/h2-6H,12H2,1H3. The molecule has 1 aliphatic rings. The summed E-state index contributed by atoms with van der Waals surface area (Å²) in [6.07, 6.45) is 2.50. The summed E-state index contributed by atoms with van der Waals surface area (Å²) < 4.78 is 0. The van der Waals surface area contributed by atoms with E-state index < -0.39 is 0 Å². The van der Waals surface area contributed by atoms with E-state index in [-0.39, 0.29) is 11.8 Å². The molecular weight excluding hydrogens is 192 g/mol. The lowest BCUT2D eigenvalue weighted by molar-refractivity contribution is -0.119. The minimum absolute atomic E-state index is 0.330. The van der Waals surface area contributed by atoms with E-state index in [1.54, 1.807) is 18.2 Å². The van der Waals surface area contributed by atoms with Gasteiger partial charge in [-0.15, -0.1) is 0 Å². The van der Waals surface area contributed by atoms with E-state index in [2.05, 4.69) is 0 Å². The molecule has 0 aliphatic carbocycles. The predicted molar refractivity (Wildman–Crippen MR) is 57.2 cm³/mol. The van der Waals surface area contributed by atoms with Crippen LogP contribution in [0.3, 0.4) is 0 Å². The molecule has 0 aromatic heterocycles. The van der Waals surface area contributed by atoms with Crippen LogP contribution in [0.1, 0.15) is 5.56 Å². The zero-order chi connectivity index (χ0) is 11.0. The summed E-state index contributed by atoms with van der Waals surface area (Å²) in [7, 11) is 0. The Kier molecular flexibility index (Phi) is 2.04. The lowest BCUT2D eigenvalue weighted by Crippen LogP contribution is -2.29. The molecule has 1 aliphatic heterocycles. The van der Waals surface area contributed by atoms with Gasteiger partial charge in [0, 0.05) is 17.8 Å². The summed E-state index contributed by atoms with van der Waals surface area (Å²) in [4.78, 5) is 23.8. The van der Waals surface area contributed by atoms with Gasteiger partial charge in [0.05, 0.1) is 5.69 Å². The number of hydrogen-bond donors (Lipinski definition) is 1. The fourth-order valence-corrected chi connectivity index (χ4v) is 1.42. The van der Waals surface area contributed by atoms with Gasteiger partial charge in [0.2, 0.25) is 0 Å². The molecule has 0 saturated carbocycles. The van der Waals surface area contributed by atoms with Crippen molar-refractivity contribution < 1.29 is 9.59 Å². The van der Waals surface area contributed by atoms with Gasteiger partial charge in [0.15, 0.2) is 0 Å². The fourth-order valence-electron chi connectivity index (χ4n) is 1.42. The zero-order valence-electron chi connectivity index (χ0n) is 8.23. The number of nitrogens with zero attached hydrogens (tertiary/aromatic N) is 1. The highest BCUT2D eigenvalue weighted by Gasteiger charge is 2.25. The lowest BCUT2D eigenvalue weighted by Gasteiger charge is -2.14. The molecule has 4 nitrogen and oxygen atoms in total. The van der Waals surface area contributed by atoms with Crippen LogP contribution in [0.15, 0.2) is 30.4 Å². The highest BCUT2D eigenvalue weighted by atomic mass is 16.2. The molecule has 0 saturated heterocycles. The highest BCUT2D eigenvalue weighted by molar-refractivity contribution is 6.28. The second-order valence-electron chi connectivity index (χ2n) is 3.39. The molecule has 15 heavy (non-hydrogen) atoms. The van der Waals surface area contributed by atoms with Gasteiger partial charge in [0.1, 0.15) is 0 Å². The van der Waals surface area contributed by atoms with Crippen molar-refractivity contribution in [1.82, 2.24) is 0 Å². The number of anilines is 2. The smallest absolute Gasteiger partial charge is 0.258 e. The van der Waals surface area contributed by atoms with Crippen LogP contribution in [-0.4, -0.2) is 11.8 Å². The number of carbonyl (C=O) groups is 2. The van der Waals surface area contributed by atoms with E-state index in [1.165, 1.54) is 12.2 Å². The number of hydrogen-bond acceptors (Lipinski definition) is 3. The molecule has 0 fully saturated rings. The maximum Gasteiger partial charge on any atom is 0.258 e. The van der Waals surface area contributed by atoms with Crippen LogP contribution in [0, 0.1) is 6.92 Å². The Morgan fingerprint density at radius 3 is 2.27 bits per heavy atom. The maximum atomic E-state index is 11.4. The monoisotopic (exact) mass is 202 g/mol. The summed E-state index contributed by atoms with van der Waals surface area (Å²) in [6, 6.07) is 5.11. The van der Waals surface area contributed by atoms with E-state index in [1.807, 2.05) is 6.92 Å². The Hall–Kier alpha value is -2.10. The van der Waals surface area contributed by atoms with Crippen molar-refractivity contribution in [2.45, 2.75) is 6.92 Å². The molecule has 2 N–H and O–H groups in total. The number of aryl methyl sites for hydroxylation is 1. The molecular formula is C11H10N2O2. The first-order valence-corrected chi connectivity index (χ1v) is 4.52. The third kappa shape index (κ3) is 1.50. The number of nitrogen functional groups attached to an aromatic ring is 1. The first kappa shape index (κ1) is 9.45. The summed E-state index contributed by atoms with van der Waals surface area (Å²) >= 11 is 0. The van der Waals surface area contributed by atoms with Gasteiger partial charge < -0.3 is 5.73 Å². The maximum absolute atomic E-state index is 11.4. The molecule has 0 radical (unpaired) electrons. The third-order valence-corrected chi connectivity index (χ3v) is 2.33. The number of imide groups is 1. The molecule has 1 heterocycles. The van der Waals surface area contributed by atoms with Crippen molar-refractivity contribution in [3.05, 3.63) is 35.9 Å². The summed E-state index contributed by atoms with van der Waals surface area (Å²) in [5.74, 6) is -0.661. The Morgan fingerprint density at radius 1 is 1.13 bits per heavy atom. The molecule has 2 amide bonds. The minimum Gasteiger partial charge on any atom is -0.398 e. The van der Waals surface area contributed by atoms with Gasteiger partial charge in [-0.2, -0.15) is 0 Å². The number of carbonyl (C=O) groups excluding carboxylic acids is 2. The first-order chi connectivity index (χ1) is 7.09. The van der Waals surface area contributed by atoms with Crippen molar-refractivity contribution in [2.24, 2.45) is 0 Å². The molecule has 4 heteroatoms. The van der Waals surface area contributed by atoms with E-state index >= 15 is 0 Å². The van der Waals surface area contributed by atoms with Gasteiger partial charge in [-0.1, -0.05) is 6.07 Å². The van der Waals surface area contributed by atoms with E-state index in [0.717, 1.165) is 10.5 Å². The van der Waals surface area contributed by atoms with Crippen molar-refractivity contribution in [3.8, 4) is 0 Å². The molecule has 0 atom stereocenters.